The Bertz CT molecular complexity index is 362. The molecule has 0 saturated carbocycles. The number of nitrogens with zero attached hydrogens (tertiary/aromatic N) is 2. The predicted octanol–water partition coefficient (Wildman–Crippen LogP) is 2.82. The molecule has 1 aromatic heterocycles. The fourth-order valence-electron chi connectivity index (χ4n) is 1.26. The summed E-state index contributed by atoms with van der Waals surface area (Å²) in [7, 11) is 0. The molecule has 17 heavy (non-hydrogen) atoms. The van der Waals surface area contributed by atoms with E-state index in [1.165, 1.54) is 0 Å². The van der Waals surface area contributed by atoms with Crippen molar-refractivity contribution in [3.05, 3.63) is 5.01 Å². The highest BCUT2D eigenvalue weighted by Gasteiger charge is 2.35. The first kappa shape index (κ1) is 13.3. The van der Waals surface area contributed by atoms with Crippen LogP contribution in [0.5, 0.6) is 0 Å². The fraction of sp³-hybridized carbons (Fsp3) is 0.750. The normalized spacial score (nSPS) is 21.5. The molecule has 3 nitrogen and oxygen atoms in total. The molecular weight excluding hydrogens is 291 g/mol. The van der Waals surface area contributed by atoms with Crippen molar-refractivity contribution in [1.82, 2.24) is 10.2 Å². The molecule has 0 spiro atoms. The van der Waals surface area contributed by atoms with Crippen molar-refractivity contribution in [3.8, 4) is 0 Å². The first-order valence-electron chi connectivity index (χ1n) is 4.89. The molecule has 0 bridgehead atoms. The van der Waals surface area contributed by atoms with Crippen molar-refractivity contribution in [2.24, 2.45) is 0 Å². The molecule has 2 heterocycles. The van der Waals surface area contributed by atoms with Crippen LogP contribution >= 0.6 is 34.9 Å². The van der Waals surface area contributed by atoms with Crippen LogP contribution in [-0.4, -0.2) is 39.3 Å². The van der Waals surface area contributed by atoms with Crippen molar-refractivity contribution in [1.29, 1.82) is 0 Å². The van der Waals surface area contributed by atoms with E-state index in [9.17, 15) is 13.2 Å². The molecule has 1 aliphatic heterocycles. The Hall–Kier alpha value is -0.150. The minimum absolute atomic E-state index is 0.244. The van der Waals surface area contributed by atoms with Gasteiger partial charge in [-0.3, -0.25) is 0 Å². The zero-order chi connectivity index (χ0) is 12.3. The standard InChI is InChI=1S/C8H10F3N3S3/c9-8(10,11)6-13-14-7(17-6)12-3-5-4-15-1-2-16-5/h5H,1-4H2,(H,12,14). The third-order valence-electron chi connectivity index (χ3n) is 2.03. The summed E-state index contributed by atoms with van der Waals surface area (Å²) in [6.45, 7) is 0.643. The van der Waals surface area contributed by atoms with Gasteiger partial charge in [-0.15, -0.1) is 10.2 Å². The lowest BCUT2D eigenvalue weighted by molar-refractivity contribution is -0.138. The molecule has 1 fully saturated rings. The zero-order valence-electron chi connectivity index (χ0n) is 8.66. The average molecular weight is 301 g/mol. The SMILES string of the molecule is FC(F)(F)c1nnc(NCC2CSCCS2)s1. The van der Waals surface area contributed by atoms with Gasteiger partial charge in [0.15, 0.2) is 0 Å². The molecule has 1 atom stereocenters. The highest BCUT2D eigenvalue weighted by molar-refractivity contribution is 8.06. The monoisotopic (exact) mass is 301 g/mol. The Morgan fingerprint density at radius 2 is 2.12 bits per heavy atom. The number of hydrogen-bond donors (Lipinski definition) is 1. The maximum absolute atomic E-state index is 12.3. The van der Waals surface area contributed by atoms with Crippen molar-refractivity contribution < 1.29 is 13.2 Å². The summed E-state index contributed by atoms with van der Waals surface area (Å²) in [5.41, 5.74) is 0. The molecule has 1 unspecified atom stereocenters. The lowest BCUT2D eigenvalue weighted by atomic mass is 10.5. The first-order chi connectivity index (χ1) is 8.05. The third-order valence-corrected chi connectivity index (χ3v) is 5.80. The van der Waals surface area contributed by atoms with Gasteiger partial charge in [0, 0.05) is 29.1 Å². The van der Waals surface area contributed by atoms with Crippen LogP contribution in [0, 0.1) is 0 Å². The first-order valence-corrected chi connectivity index (χ1v) is 7.91. The summed E-state index contributed by atoms with van der Waals surface area (Å²) < 4.78 is 36.8. The summed E-state index contributed by atoms with van der Waals surface area (Å²) in [6, 6.07) is 0. The second kappa shape index (κ2) is 5.66. The molecule has 0 radical (unpaired) electrons. The number of aromatic nitrogens is 2. The van der Waals surface area contributed by atoms with E-state index < -0.39 is 11.2 Å². The van der Waals surface area contributed by atoms with E-state index in [0.717, 1.165) is 17.3 Å². The number of nitrogens with one attached hydrogen (secondary N) is 1. The highest BCUT2D eigenvalue weighted by Crippen LogP contribution is 2.33. The number of alkyl halides is 3. The van der Waals surface area contributed by atoms with Gasteiger partial charge in [-0.25, -0.2) is 0 Å². The van der Waals surface area contributed by atoms with Gasteiger partial charge >= 0.3 is 6.18 Å². The number of anilines is 1. The zero-order valence-corrected chi connectivity index (χ0v) is 11.1. The Balaban J connectivity index is 1.84. The lowest BCUT2D eigenvalue weighted by Gasteiger charge is -2.20. The van der Waals surface area contributed by atoms with Crippen LogP contribution in [-0.2, 0) is 6.18 Å². The molecule has 0 aromatic carbocycles. The van der Waals surface area contributed by atoms with Gasteiger partial charge in [-0.2, -0.15) is 36.7 Å². The minimum atomic E-state index is -4.40. The number of thioether (sulfide) groups is 2. The number of rotatable bonds is 3. The van der Waals surface area contributed by atoms with Crippen LogP contribution < -0.4 is 5.32 Å². The van der Waals surface area contributed by atoms with E-state index >= 15 is 0 Å². The van der Waals surface area contributed by atoms with Crippen LogP contribution in [0.2, 0.25) is 0 Å². The second-order valence-corrected chi connectivity index (χ2v) is 6.89. The molecule has 1 aromatic rings. The highest BCUT2D eigenvalue weighted by atomic mass is 32.2. The molecule has 0 amide bonds. The van der Waals surface area contributed by atoms with Crippen molar-refractivity contribution in [2.75, 3.05) is 29.1 Å². The molecule has 96 valence electrons. The second-order valence-electron chi connectivity index (χ2n) is 3.36. The smallest absolute Gasteiger partial charge is 0.359 e. The van der Waals surface area contributed by atoms with Gasteiger partial charge < -0.3 is 5.32 Å². The largest absolute Gasteiger partial charge is 0.445 e. The van der Waals surface area contributed by atoms with Crippen LogP contribution in [0.1, 0.15) is 5.01 Å². The molecule has 1 saturated heterocycles. The number of halogens is 3. The van der Waals surface area contributed by atoms with Gasteiger partial charge in [-0.1, -0.05) is 11.3 Å². The predicted molar refractivity (Wildman–Crippen MR) is 67.0 cm³/mol. The molecule has 1 aliphatic rings. The number of hydrogen-bond acceptors (Lipinski definition) is 6. The van der Waals surface area contributed by atoms with E-state index in [-0.39, 0.29) is 5.13 Å². The topological polar surface area (TPSA) is 37.8 Å². The van der Waals surface area contributed by atoms with Gasteiger partial charge in [0.05, 0.1) is 0 Å². The van der Waals surface area contributed by atoms with E-state index in [2.05, 4.69) is 15.5 Å². The summed E-state index contributed by atoms with van der Waals surface area (Å²) in [5.74, 6) is 3.28. The van der Waals surface area contributed by atoms with Crippen LogP contribution in [0.25, 0.3) is 0 Å². The van der Waals surface area contributed by atoms with E-state index in [1.807, 2.05) is 23.5 Å². The van der Waals surface area contributed by atoms with Crippen molar-refractivity contribution in [2.45, 2.75) is 11.4 Å². The van der Waals surface area contributed by atoms with Gasteiger partial charge in [0.2, 0.25) is 10.1 Å². The van der Waals surface area contributed by atoms with Gasteiger partial charge in [0.1, 0.15) is 0 Å². The van der Waals surface area contributed by atoms with E-state index in [0.29, 0.717) is 23.1 Å². The minimum Gasteiger partial charge on any atom is -0.359 e. The summed E-state index contributed by atoms with van der Waals surface area (Å²) in [5, 5.41) is 9.31. The maximum Gasteiger partial charge on any atom is 0.445 e. The van der Waals surface area contributed by atoms with Gasteiger partial charge in [0.25, 0.3) is 0 Å². The van der Waals surface area contributed by atoms with E-state index in [1.54, 1.807) is 0 Å². The Labute approximate surface area is 109 Å². The molecule has 0 aliphatic carbocycles. The Morgan fingerprint density at radius 3 is 2.71 bits per heavy atom. The quantitative estimate of drug-likeness (QED) is 0.929. The fourth-order valence-corrected chi connectivity index (χ4v) is 4.49. The van der Waals surface area contributed by atoms with Gasteiger partial charge in [-0.05, 0) is 0 Å². The summed E-state index contributed by atoms with van der Waals surface area (Å²) in [6.07, 6.45) is -4.40. The van der Waals surface area contributed by atoms with E-state index in [4.69, 9.17) is 0 Å². The van der Waals surface area contributed by atoms with Crippen molar-refractivity contribution >= 4 is 40.0 Å². The summed E-state index contributed by atoms with van der Waals surface area (Å²) >= 11 is 4.27. The maximum atomic E-state index is 12.3. The third kappa shape index (κ3) is 3.92. The van der Waals surface area contributed by atoms with Crippen molar-refractivity contribution in [3.63, 3.8) is 0 Å². The van der Waals surface area contributed by atoms with Crippen LogP contribution in [0.3, 0.4) is 0 Å². The van der Waals surface area contributed by atoms with Crippen LogP contribution in [0.15, 0.2) is 0 Å². The molecule has 9 heteroatoms. The summed E-state index contributed by atoms with van der Waals surface area (Å²) in [4.78, 5) is 0. The molecule has 1 N–H and O–H groups in total. The lowest BCUT2D eigenvalue weighted by Crippen LogP contribution is -2.23. The average Bonchev–Trinajstić information content (AvgIpc) is 2.76. The molecular formula is C8H10F3N3S3. The van der Waals surface area contributed by atoms with Crippen LogP contribution in [0.4, 0.5) is 18.3 Å². The molecule has 2 rings (SSSR count). The Kier molecular flexibility index (Phi) is 4.42. The Morgan fingerprint density at radius 1 is 1.29 bits per heavy atom.